The van der Waals surface area contributed by atoms with E-state index in [0.717, 1.165) is 17.4 Å². The highest BCUT2D eigenvalue weighted by atomic mass is 32.2. The summed E-state index contributed by atoms with van der Waals surface area (Å²) in [4.78, 5) is 13.0. The largest absolute Gasteiger partial charge is 0.292 e. The molecule has 5 heteroatoms. The second-order valence-corrected chi connectivity index (χ2v) is 7.89. The standard InChI is InChI=1S/C19H19NO3S/c1-14-17(15-9-5-3-6-10-15)13-20(24(2,22)23)18(14)19(21)16-11-7-4-8-12-16/h3-14,18H,1-2H3/t14-,18-/m1/s1. The van der Waals surface area contributed by atoms with Gasteiger partial charge in [0.15, 0.2) is 5.78 Å². The van der Waals surface area contributed by atoms with Gasteiger partial charge < -0.3 is 0 Å². The van der Waals surface area contributed by atoms with Gasteiger partial charge >= 0.3 is 0 Å². The number of carbonyl (C=O) groups excluding carboxylic acids is 1. The van der Waals surface area contributed by atoms with Crippen LogP contribution in [0, 0.1) is 5.92 Å². The Morgan fingerprint density at radius 2 is 1.50 bits per heavy atom. The molecule has 24 heavy (non-hydrogen) atoms. The first kappa shape index (κ1) is 16.5. The summed E-state index contributed by atoms with van der Waals surface area (Å²) in [6, 6.07) is 17.6. The van der Waals surface area contributed by atoms with E-state index in [9.17, 15) is 13.2 Å². The number of carbonyl (C=O) groups is 1. The zero-order valence-corrected chi connectivity index (χ0v) is 14.4. The first-order chi connectivity index (χ1) is 11.4. The molecule has 1 aliphatic heterocycles. The van der Waals surface area contributed by atoms with Gasteiger partial charge in [-0.2, -0.15) is 0 Å². The number of benzene rings is 2. The number of ketones is 1. The molecule has 0 aromatic heterocycles. The van der Waals surface area contributed by atoms with E-state index in [2.05, 4.69) is 0 Å². The van der Waals surface area contributed by atoms with Gasteiger partial charge in [0.05, 0.1) is 6.26 Å². The summed E-state index contributed by atoms with van der Waals surface area (Å²) in [5.41, 5.74) is 2.31. The summed E-state index contributed by atoms with van der Waals surface area (Å²) < 4.78 is 25.7. The minimum atomic E-state index is -3.54. The molecule has 0 saturated carbocycles. The Morgan fingerprint density at radius 3 is 2.04 bits per heavy atom. The molecule has 2 aromatic carbocycles. The molecule has 0 unspecified atom stereocenters. The number of hydrogen-bond donors (Lipinski definition) is 0. The van der Waals surface area contributed by atoms with E-state index in [-0.39, 0.29) is 11.7 Å². The van der Waals surface area contributed by atoms with E-state index < -0.39 is 16.1 Å². The number of sulfonamides is 1. The van der Waals surface area contributed by atoms with Gasteiger partial charge in [0, 0.05) is 17.7 Å². The summed E-state index contributed by atoms with van der Waals surface area (Å²) in [6.07, 6.45) is 2.73. The van der Waals surface area contributed by atoms with Crippen LogP contribution >= 0.6 is 0 Å². The van der Waals surface area contributed by atoms with Crippen LogP contribution in [0.25, 0.3) is 5.57 Å². The molecule has 124 valence electrons. The Balaban J connectivity index is 2.05. The fourth-order valence-electron chi connectivity index (χ4n) is 3.11. The maximum atomic E-state index is 13.0. The van der Waals surface area contributed by atoms with Crippen molar-refractivity contribution in [1.29, 1.82) is 0 Å². The van der Waals surface area contributed by atoms with Crippen molar-refractivity contribution in [2.24, 2.45) is 5.92 Å². The zero-order chi connectivity index (χ0) is 17.3. The lowest BCUT2D eigenvalue weighted by atomic mass is 9.88. The lowest BCUT2D eigenvalue weighted by Gasteiger charge is -2.25. The molecule has 0 amide bonds. The van der Waals surface area contributed by atoms with Crippen molar-refractivity contribution in [2.75, 3.05) is 6.26 Å². The van der Waals surface area contributed by atoms with Gasteiger partial charge in [0.2, 0.25) is 10.0 Å². The second kappa shape index (κ2) is 6.24. The van der Waals surface area contributed by atoms with Crippen LogP contribution < -0.4 is 0 Å². The van der Waals surface area contributed by atoms with Gasteiger partial charge in [-0.15, -0.1) is 0 Å². The van der Waals surface area contributed by atoms with Crippen molar-refractivity contribution in [3.63, 3.8) is 0 Å². The molecule has 0 aliphatic carbocycles. The monoisotopic (exact) mass is 341 g/mol. The lowest BCUT2D eigenvalue weighted by Crippen LogP contribution is -2.41. The van der Waals surface area contributed by atoms with Gasteiger partial charge in [0.1, 0.15) is 6.04 Å². The van der Waals surface area contributed by atoms with Gasteiger partial charge in [-0.25, -0.2) is 8.42 Å². The molecule has 0 saturated heterocycles. The van der Waals surface area contributed by atoms with E-state index in [1.54, 1.807) is 30.5 Å². The molecular formula is C19H19NO3S. The summed E-state index contributed by atoms with van der Waals surface area (Å²) in [5.74, 6) is -0.412. The minimum absolute atomic E-state index is 0.185. The predicted octanol–water partition coefficient (Wildman–Crippen LogP) is 3.19. The van der Waals surface area contributed by atoms with Crippen molar-refractivity contribution >= 4 is 21.4 Å². The topological polar surface area (TPSA) is 54.5 Å². The average Bonchev–Trinajstić information content (AvgIpc) is 2.93. The van der Waals surface area contributed by atoms with E-state index in [0.29, 0.717) is 5.56 Å². The third-order valence-electron chi connectivity index (χ3n) is 4.32. The smallest absolute Gasteiger partial charge is 0.232 e. The summed E-state index contributed by atoms with van der Waals surface area (Å²) in [5, 5.41) is 0. The molecule has 2 aromatic rings. The molecule has 3 rings (SSSR count). The molecule has 2 atom stereocenters. The van der Waals surface area contributed by atoms with Gasteiger partial charge in [0.25, 0.3) is 0 Å². The van der Waals surface area contributed by atoms with Crippen LogP contribution in [0.1, 0.15) is 22.8 Å². The first-order valence-electron chi connectivity index (χ1n) is 7.74. The normalized spacial score (nSPS) is 20.8. The third kappa shape index (κ3) is 2.99. The van der Waals surface area contributed by atoms with E-state index in [1.165, 1.54) is 4.31 Å². The highest BCUT2D eigenvalue weighted by Crippen LogP contribution is 2.37. The zero-order valence-electron chi connectivity index (χ0n) is 13.6. The Labute approximate surface area is 142 Å². The second-order valence-electron chi connectivity index (χ2n) is 6.01. The fourth-order valence-corrected chi connectivity index (χ4v) is 4.11. The highest BCUT2D eigenvalue weighted by Gasteiger charge is 2.42. The van der Waals surface area contributed by atoms with Gasteiger partial charge in [-0.3, -0.25) is 9.10 Å². The number of rotatable bonds is 4. The molecule has 1 heterocycles. The molecule has 0 radical (unpaired) electrons. The summed E-state index contributed by atoms with van der Waals surface area (Å²) in [6.45, 7) is 1.90. The molecule has 0 bridgehead atoms. The van der Waals surface area contributed by atoms with Crippen molar-refractivity contribution in [1.82, 2.24) is 4.31 Å². The van der Waals surface area contributed by atoms with Crippen LogP contribution in [0.5, 0.6) is 0 Å². The van der Waals surface area contributed by atoms with Crippen molar-refractivity contribution in [2.45, 2.75) is 13.0 Å². The molecule has 4 nitrogen and oxygen atoms in total. The molecule has 0 N–H and O–H groups in total. The highest BCUT2D eigenvalue weighted by molar-refractivity contribution is 7.88. The first-order valence-corrected chi connectivity index (χ1v) is 9.59. The maximum Gasteiger partial charge on any atom is 0.232 e. The summed E-state index contributed by atoms with van der Waals surface area (Å²) >= 11 is 0. The third-order valence-corrected chi connectivity index (χ3v) is 5.42. The van der Waals surface area contributed by atoms with E-state index in [4.69, 9.17) is 0 Å². The van der Waals surface area contributed by atoms with Gasteiger partial charge in [-0.05, 0) is 11.1 Å². The fraction of sp³-hybridized carbons (Fsp3) is 0.211. The van der Waals surface area contributed by atoms with Crippen LogP contribution in [-0.2, 0) is 10.0 Å². The minimum Gasteiger partial charge on any atom is -0.292 e. The van der Waals surface area contributed by atoms with Crippen molar-refractivity contribution < 1.29 is 13.2 Å². The van der Waals surface area contributed by atoms with Crippen LogP contribution in [0.4, 0.5) is 0 Å². The summed E-state index contributed by atoms with van der Waals surface area (Å²) in [7, 11) is -3.54. The number of nitrogens with zero attached hydrogens (tertiary/aromatic N) is 1. The predicted molar refractivity (Wildman–Crippen MR) is 94.8 cm³/mol. The maximum absolute atomic E-state index is 13.0. The van der Waals surface area contributed by atoms with E-state index in [1.807, 2.05) is 43.3 Å². The quantitative estimate of drug-likeness (QED) is 0.803. The van der Waals surface area contributed by atoms with Crippen LogP contribution in [0.3, 0.4) is 0 Å². The van der Waals surface area contributed by atoms with E-state index >= 15 is 0 Å². The Morgan fingerprint density at radius 1 is 0.958 bits per heavy atom. The number of hydrogen-bond acceptors (Lipinski definition) is 3. The van der Waals surface area contributed by atoms with Crippen molar-refractivity contribution in [3.8, 4) is 0 Å². The average molecular weight is 341 g/mol. The Kier molecular flexibility index (Phi) is 4.28. The molecule has 1 aliphatic rings. The Hall–Kier alpha value is -2.40. The van der Waals surface area contributed by atoms with Crippen LogP contribution in [0.15, 0.2) is 66.9 Å². The Bertz CT molecular complexity index is 873. The van der Waals surface area contributed by atoms with Crippen LogP contribution in [0.2, 0.25) is 0 Å². The van der Waals surface area contributed by atoms with Gasteiger partial charge in [-0.1, -0.05) is 67.6 Å². The van der Waals surface area contributed by atoms with Crippen LogP contribution in [-0.4, -0.2) is 30.8 Å². The SMILES string of the molecule is C[C@@H]1C(c2ccccc2)=CN(S(C)(=O)=O)[C@H]1C(=O)c1ccccc1. The van der Waals surface area contributed by atoms with Crippen molar-refractivity contribution in [3.05, 3.63) is 78.0 Å². The number of Topliss-reactive ketones (excluding diaryl/α,β-unsaturated/α-hetero) is 1. The molecular weight excluding hydrogens is 322 g/mol. The molecule has 0 fully saturated rings. The molecule has 0 spiro atoms. The lowest BCUT2D eigenvalue weighted by molar-refractivity contribution is 0.0904.